The number of pyridine rings is 1. The van der Waals surface area contributed by atoms with Gasteiger partial charge in [0.1, 0.15) is 35.2 Å². The van der Waals surface area contributed by atoms with E-state index in [9.17, 15) is 14.9 Å². The third-order valence-electron chi connectivity index (χ3n) is 4.56. The maximum Gasteiger partial charge on any atom is 0.149 e. The van der Waals surface area contributed by atoms with Crippen LogP contribution in [0.1, 0.15) is 16.7 Å². The summed E-state index contributed by atoms with van der Waals surface area (Å²) in [4.78, 5) is 8.07. The van der Waals surface area contributed by atoms with Crippen molar-refractivity contribution in [2.75, 3.05) is 41.7 Å². The first kappa shape index (κ1) is 18.0. The number of aromatic nitrogens is 1. The molecule has 0 unspecified atom stereocenters. The van der Waals surface area contributed by atoms with Crippen LogP contribution in [0.15, 0.2) is 24.3 Å². The average Bonchev–Trinajstić information content (AvgIpc) is 2.69. The number of nitrogens with two attached hydrogens (primary N) is 1. The van der Waals surface area contributed by atoms with Gasteiger partial charge in [0.25, 0.3) is 0 Å². The maximum atomic E-state index is 14.0. The number of rotatable bonds is 3. The number of piperazine rings is 1. The molecule has 27 heavy (non-hydrogen) atoms. The van der Waals surface area contributed by atoms with Crippen LogP contribution in [-0.2, 0) is 6.42 Å². The minimum Gasteiger partial charge on any atom is -0.383 e. The molecule has 0 amide bonds. The molecule has 2 N–H and O–H groups in total. The van der Waals surface area contributed by atoms with Crippen molar-refractivity contribution in [3.05, 3.63) is 46.8 Å². The number of para-hydroxylation sites is 1. The number of anilines is 3. The molecule has 1 aliphatic heterocycles. The highest BCUT2D eigenvalue weighted by Gasteiger charge is 2.26. The highest BCUT2D eigenvalue weighted by atomic mass is 19.1. The van der Waals surface area contributed by atoms with Gasteiger partial charge >= 0.3 is 0 Å². The Kier molecular flexibility index (Phi) is 5.06. The molecule has 0 saturated carbocycles. The Hall–Kier alpha value is -3.83. The third-order valence-corrected chi connectivity index (χ3v) is 4.56. The van der Waals surface area contributed by atoms with Gasteiger partial charge in [-0.15, -0.1) is 0 Å². The molecule has 0 radical (unpaired) electrons. The number of nitrogen functional groups attached to an aromatic ring is 1. The molecule has 2 aromatic rings. The number of nitrogens with zero attached hydrogens (tertiary/aromatic N) is 6. The molecule has 1 saturated heterocycles. The Bertz CT molecular complexity index is 989. The van der Waals surface area contributed by atoms with E-state index in [0.717, 1.165) is 0 Å². The molecule has 1 aromatic heterocycles. The summed E-state index contributed by atoms with van der Waals surface area (Å²) in [6, 6.07) is 12.6. The standard InChI is InChI=1S/C19H16FN7/c20-16-3-1-2-4-17(16)26-7-9-27(10-8-26)19-15(12-23)13(5-6-21)14(11-22)18(24)25-19/h1-4H,5,7-10H2,(H2,24,25). The molecule has 1 aromatic carbocycles. The van der Waals surface area contributed by atoms with Crippen molar-refractivity contribution in [1.82, 2.24) is 4.98 Å². The van der Waals surface area contributed by atoms with E-state index < -0.39 is 0 Å². The van der Waals surface area contributed by atoms with Crippen LogP contribution < -0.4 is 15.5 Å². The molecule has 1 aliphatic rings. The molecule has 2 heterocycles. The van der Waals surface area contributed by atoms with E-state index in [1.807, 2.05) is 21.9 Å². The Labute approximate surface area is 156 Å². The summed E-state index contributed by atoms with van der Waals surface area (Å²) in [5.41, 5.74) is 7.00. The first-order valence-corrected chi connectivity index (χ1v) is 8.34. The predicted octanol–water partition coefficient (Wildman–Crippen LogP) is 1.94. The maximum absolute atomic E-state index is 14.0. The SMILES string of the molecule is N#CCc1c(C#N)c(N)nc(N2CCN(c3ccccc3F)CC2)c1C#N. The zero-order valence-corrected chi connectivity index (χ0v) is 14.5. The molecule has 0 bridgehead atoms. The number of hydrogen-bond acceptors (Lipinski definition) is 7. The number of halogens is 1. The van der Waals surface area contributed by atoms with Gasteiger partial charge in [-0.25, -0.2) is 9.37 Å². The summed E-state index contributed by atoms with van der Waals surface area (Å²) < 4.78 is 14.0. The molecular formula is C19H16FN7. The summed E-state index contributed by atoms with van der Waals surface area (Å²) in [5.74, 6) is 0.0985. The van der Waals surface area contributed by atoms with Crippen LogP contribution in [0.25, 0.3) is 0 Å². The van der Waals surface area contributed by atoms with Gasteiger partial charge in [-0.1, -0.05) is 12.1 Å². The van der Waals surface area contributed by atoms with Crippen LogP contribution in [0.5, 0.6) is 0 Å². The predicted molar refractivity (Wildman–Crippen MR) is 98.2 cm³/mol. The highest BCUT2D eigenvalue weighted by molar-refractivity contribution is 5.69. The lowest BCUT2D eigenvalue weighted by molar-refractivity contribution is 0.596. The Morgan fingerprint density at radius 1 is 1.00 bits per heavy atom. The van der Waals surface area contributed by atoms with E-state index in [4.69, 9.17) is 11.0 Å². The van der Waals surface area contributed by atoms with Crippen molar-refractivity contribution in [3.8, 4) is 18.2 Å². The van der Waals surface area contributed by atoms with Crippen molar-refractivity contribution < 1.29 is 4.39 Å². The minimum atomic E-state index is -0.277. The second kappa shape index (κ2) is 7.59. The third kappa shape index (κ3) is 3.31. The largest absolute Gasteiger partial charge is 0.383 e. The summed E-state index contributed by atoms with van der Waals surface area (Å²) in [6.45, 7) is 2.10. The second-order valence-electron chi connectivity index (χ2n) is 6.03. The van der Waals surface area contributed by atoms with Crippen molar-refractivity contribution in [2.24, 2.45) is 0 Å². The monoisotopic (exact) mass is 361 g/mol. The summed E-state index contributed by atoms with van der Waals surface area (Å²) in [7, 11) is 0. The van der Waals surface area contributed by atoms with Crippen molar-refractivity contribution in [1.29, 1.82) is 15.8 Å². The number of hydrogen-bond donors (Lipinski definition) is 1. The van der Waals surface area contributed by atoms with E-state index in [0.29, 0.717) is 43.2 Å². The summed E-state index contributed by atoms with van der Waals surface area (Å²) >= 11 is 0. The van der Waals surface area contributed by atoms with Crippen LogP contribution >= 0.6 is 0 Å². The lowest BCUT2D eigenvalue weighted by atomic mass is 10.0. The first-order valence-electron chi connectivity index (χ1n) is 8.34. The fourth-order valence-electron chi connectivity index (χ4n) is 3.23. The van der Waals surface area contributed by atoms with Gasteiger partial charge in [0.2, 0.25) is 0 Å². The van der Waals surface area contributed by atoms with Crippen LogP contribution in [0.3, 0.4) is 0 Å². The fourth-order valence-corrected chi connectivity index (χ4v) is 3.23. The van der Waals surface area contributed by atoms with Gasteiger partial charge in [-0.05, 0) is 12.1 Å². The molecule has 0 aliphatic carbocycles. The molecule has 3 rings (SSSR count). The van der Waals surface area contributed by atoms with E-state index in [2.05, 4.69) is 11.1 Å². The lowest BCUT2D eigenvalue weighted by Crippen LogP contribution is -2.47. The fraction of sp³-hybridized carbons (Fsp3) is 0.263. The Balaban J connectivity index is 1.91. The Morgan fingerprint density at radius 3 is 2.22 bits per heavy atom. The van der Waals surface area contributed by atoms with Crippen LogP contribution in [0.4, 0.5) is 21.7 Å². The van der Waals surface area contributed by atoms with Crippen molar-refractivity contribution >= 4 is 17.3 Å². The van der Waals surface area contributed by atoms with Gasteiger partial charge in [0.15, 0.2) is 0 Å². The topological polar surface area (TPSA) is 117 Å². The number of nitriles is 3. The zero-order chi connectivity index (χ0) is 19.4. The second-order valence-corrected chi connectivity index (χ2v) is 6.03. The summed E-state index contributed by atoms with van der Waals surface area (Å²) in [6.07, 6.45) is -0.0965. The minimum absolute atomic E-state index is 0.00767. The van der Waals surface area contributed by atoms with Crippen LogP contribution in [0, 0.1) is 39.8 Å². The van der Waals surface area contributed by atoms with E-state index >= 15 is 0 Å². The average molecular weight is 361 g/mol. The van der Waals surface area contributed by atoms with Crippen LogP contribution in [-0.4, -0.2) is 31.2 Å². The first-order chi connectivity index (χ1) is 13.1. The van der Waals surface area contributed by atoms with E-state index in [-0.39, 0.29) is 29.2 Å². The van der Waals surface area contributed by atoms with Gasteiger partial charge in [-0.3, -0.25) is 0 Å². The Morgan fingerprint density at radius 2 is 1.63 bits per heavy atom. The smallest absolute Gasteiger partial charge is 0.149 e. The van der Waals surface area contributed by atoms with Gasteiger partial charge in [0.05, 0.1) is 23.7 Å². The van der Waals surface area contributed by atoms with Crippen molar-refractivity contribution in [3.63, 3.8) is 0 Å². The van der Waals surface area contributed by atoms with Crippen LogP contribution in [0.2, 0.25) is 0 Å². The zero-order valence-electron chi connectivity index (χ0n) is 14.5. The van der Waals surface area contributed by atoms with Gasteiger partial charge in [0, 0.05) is 31.7 Å². The van der Waals surface area contributed by atoms with Crippen molar-refractivity contribution in [2.45, 2.75) is 6.42 Å². The molecule has 0 atom stereocenters. The normalized spacial score (nSPS) is 13.6. The van der Waals surface area contributed by atoms with E-state index in [1.165, 1.54) is 6.07 Å². The molecule has 1 fully saturated rings. The molecular weight excluding hydrogens is 345 g/mol. The van der Waals surface area contributed by atoms with E-state index in [1.54, 1.807) is 18.2 Å². The van der Waals surface area contributed by atoms with Gasteiger partial charge in [-0.2, -0.15) is 15.8 Å². The molecule has 134 valence electrons. The number of benzene rings is 1. The summed E-state index contributed by atoms with van der Waals surface area (Å²) in [5, 5.41) is 27.9. The highest BCUT2D eigenvalue weighted by Crippen LogP contribution is 2.29. The molecule has 0 spiro atoms. The van der Waals surface area contributed by atoms with Gasteiger partial charge < -0.3 is 15.5 Å². The lowest BCUT2D eigenvalue weighted by Gasteiger charge is -2.37. The molecule has 8 heteroatoms. The quantitative estimate of drug-likeness (QED) is 0.888. The molecule has 7 nitrogen and oxygen atoms in total.